The number of amides is 1. The van der Waals surface area contributed by atoms with Crippen LogP contribution in [0.5, 0.6) is 5.75 Å². The number of hydrogen-bond acceptors (Lipinski definition) is 6. The first-order chi connectivity index (χ1) is 18.2. The molecule has 1 aliphatic heterocycles. The first kappa shape index (κ1) is 24.5. The molecular weight excluding hydrogens is 464 g/mol. The molecule has 0 aliphatic carbocycles. The highest BCUT2D eigenvalue weighted by Crippen LogP contribution is 2.26. The van der Waals surface area contributed by atoms with E-state index in [1.807, 2.05) is 54.7 Å². The molecule has 7 nitrogen and oxygen atoms in total. The van der Waals surface area contributed by atoms with Crippen molar-refractivity contribution in [1.82, 2.24) is 15.4 Å². The van der Waals surface area contributed by atoms with Crippen LogP contribution in [0, 0.1) is 0 Å². The lowest BCUT2D eigenvalue weighted by Crippen LogP contribution is -2.47. The van der Waals surface area contributed by atoms with Crippen molar-refractivity contribution in [2.24, 2.45) is 0 Å². The third-order valence-electron chi connectivity index (χ3n) is 6.58. The predicted octanol–water partition coefficient (Wildman–Crippen LogP) is 4.64. The number of carbonyl (C=O) groups is 1. The van der Waals surface area contributed by atoms with Crippen molar-refractivity contribution in [1.29, 1.82) is 0 Å². The number of hydrogen-bond donors (Lipinski definition) is 2. The van der Waals surface area contributed by atoms with Crippen LogP contribution in [0.25, 0.3) is 16.8 Å². The number of rotatable bonds is 8. The lowest BCUT2D eigenvalue weighted by molar-refractivity contribution is 0.0706. The van der Waals surface area contributed by atoms with Crippen LogP contribution in [-0.4, -0.2) is 60.3 Å². The zero-order valence-electron chi connectivity index (χ0n) is 20.6. The summed E-state index contributed by atoms with van der Waals surface area (Å²) in [7, 11) is 0. The summed E-state index contributed by atoms with van der Waals surface area (Å²) in [4.78, 5) is 20.9. The minimum absolute atomic E-state index is 0.402. The molecule has 0 radical (unpaired) electrons. The van der Waals surface area contributed by atoms with E-state index in [-0.39, 0.29) is 0 Å². The zero-order chi connectivity index (χ0) is 25.5. The maximum Gasteiger partial charge on any atom is 0.274 e. The summed E-state index contributed by atoms with van der Waals surface area (Å²) in [5.41, 5.74) is 4.18. The number of nitrogens with zero attached hydrogens (tertiary/aromatic N) is 3. The maximum absolute atomic E-state index is 11.7. The van der Waals surface area contributed by atoms with E-state index in [2.05, 4.69) is 45.1 Å². The molecule has 7 heteroatoms. The Kier molecular flexibility index (Phi) is 7.74. The Morgan fingerprint density at radius 1 is 0.919 bits per heavy atom. The van der Waals surface area contributed by atoms with Crippen molar-refractivity contribution >= 4 is 28.6 Å². The summed E-state index contributed by atoms with van der Waals surface area (Å²) < 4.78 is 6.35. The van der Waals surface area contributed by atoms with Crippen LogP contribution in [-0.2, 0) is 0 Å². The quantitative estimate of drug-likeness (QED) is 0.275. The molecule has 4 aromatic rings. The summed E-state index contributed by atoms with van der Waals surface area (Å²) in [6.45, 7) is 4.92. The van der Waals surface area contributed by atoms with Gasteiger partial charge in [0.2, 0.25) is 0 Å². The Bertz CT molecular complexity index is 1360. The van der Waals surface area contributed by atoms with Crippen LogP contribution < -0.4 is 15.1 Å². The molecule has 1 amide bonds. The van der Waals surface area contributed by atoms with Gasteiger partial charge in [0.25, 0.3) is 5.91 Å². The molecule has 1 saturated heterocycles. The number of fused-ring (bicyclic) bond motifs is 1. The topological polar surface area (TPSA) is 77.9 Å². The average Bonchev–Trinajstić information content (AvgIpc) is 2.96. The third kappa shape index (κ3) is 6.14. The molecule has 2 N–H and O–H groups in total. The number of aromatic nitrogens is 1. The number of pyridine rings is 1. The molecule has 188 valence electrons. The summed E-state index contributed by atoms with van der Waals surface area (Å²) in [6.07, 6.45) is 3.96. The van der Waals surface area contributed by atoms with Crippen LogP contribution in [0.2, 0.25) is 0 Å². The van der Waals surface area contributed by atoms with Gasteiger partial charge in [0.05, 0.1) is 0 Å². The van der Waals surface area contributed by atoms with Crippen molar-refractivity contribution in [2.45, 2.75) is 0 Å². The van der Waals surface area contributed by atoms with Crippen molar-refractivity contribution in [3.63, 3.8) is 0 Å². The molecule has 0 spiro atoms. The molecule has 0 saturated carbocycles. The molecule has 1 aromatic heterocycles. The summed E-state index contributed by atoms with van der Waals surface area (Å²) in [5.74, 6) is 1.35. The normalized spacial score (nSPS) is 14.5. The number of hydroxylamine groups is 1. The van der Waals surface area contributed by atoms with Crippen LogP contribution in [0.15, 0.2) is 96.7 Å². The van der Waals surface area contributed by atoms with Gasteiger partial charge in [0.15, 0.2) is 0 Å². The van der Waals surface area contributed by atoms with E-state index in [1.165, 1.54) is 0 Å². The van der Waals surface area contributed by atoms with Crippen molar-refractivity contribution < 1.29 is 14.7 Å². The number of carbonyl (C=O) groups excluding carboxylic acids is 1. The number of anilines is 1. The van der Waals surface area contributed by atoms with Gasteiger partial charge < -0.3 is 9.64 Å². The summed E-state index contributed by atoms with van der Waals surface area (Å²) in [6, 6.07) is 27.5. The van der Waals surface area contributed by atoms with E-state index in [4.69, 9.17) is 9.94 Å². The lowest BCUT2D eigenvalue weighted by Gasteiger charge is -2.35. The second-order valence-electron chi connectivity index (χ2n) is 9.08. The molecule has 37 heavy (non-hydrogen) atoms. The van der Waals surface area contributed by atoms with Gasteiger partial charge in [-0.05, 0) is 46.9 Å². The second kappa shape index (κ2) is 11.7. The predicted molar refractivity (Wildman–Crippen MR) is 146 cm³/mol. The van der Waals surface area contributed by atoms with Crippen LogP contribution >= 0.6 is 0 Å². The Hall–Kier alpha value is -4.20. The Labute approximate surface area is 216 Å². The number of nitrogens with one attached hydrogen (secondary N) is 1. The van der Waals surface area contributed by atoms with Gasteiger partial charge in [0.1, 0.15) is 18.2 Å². The van der Waals surface area contributed by atoms with Crippen LogP contribution in [0.3, 0.4) is 0 Å². The monoisotopic (exact) mass is 494 g/mol. The van der Waals surface area contributed by atoms with Crippen molar-refractivity contribution in [3.8, 4) is 5.75 Å². The average molecular weight is 495 g/mol. The van der Waals surface area contributed by atoms with E-state index in [1.54, 1.807) is 17.6 Å². The third-order valence-corrected chi connectivity index (χ3v) is 6.58. The Morgan fingerprint density at radius 3 is 2.43 bits per heavy atom. The first-order valence-corrected chi connectivity index (χ1v) is 12.4. The summed E-state index contributed by atoms with van der Waals surface area (Å²) >= 11 is 0. The molecule has 3 aromatic carbocycles. The molecule has 1 fully saturated rings. The molecule has 2 heterocycles. The van der Waals surface area contributed by atoms with Gasteiger partial charge in [-0.15, -0.1) is 0 Å². The lowest BCUT2D eigenvalue weighted by atomic mass is 10.1. The highest BCUT2D eigenvalue weighted by Gasteiger charge is 2.19. The smallest absolute Gasteiger partial charge is 0.274 e. The van der Waals surface area contributed by atoms with Crippen molar-refractivity contribution in [2.75, 3.05) is 44.2 Å². The number of ether oxygens (including phenoxy) is 1. The largest absolute Gasteiger partial charge is 0.489 e. The number of benzene rings is 3. The summed E-state index contributed by atoms with van der Waals surface area (Å²) in [5, 5.41) is 11.1. The minimum atomic E-state index is -0.527. The fraction of sp³-hybridized carbons (Fsp3) is 0.200. The van der Waals surface area contributed by atoms with E-state index in [0.717, 1.165) is 66.2 Å². The first-order valence-electron chi connectivity index (χ1n) is 12.4. The van der Waals surface area contributed by atoms with E-state index < -0.39 is 5.91 Å². The van der Waals surface area contributed by atoms with E-state index in [0.29, 0.717) is 12.2 Å². The van der Waals surface area contributed by atoms with Gasteiger partial charge in [-0.2, -0.15) is 0 Å². The van der Waals surface area contributed by atoms with Gasteiger partial charge in [0, 0.05) is 49.9 Å². The van der Waals surface area contributed by atoms with Crippen LogP contribution in [0.1, 0.15) is 15.9 Å². The fourth-order valence-electron chi connectivity index (χ4n) is 4.62. The van der Waals surface area contributed by atoms with Gasteiger partial charge in [-0.1, -0.05) is 60.7 Å². The Balaban J connectivity index is 1.32. The zero-order valence-corrected chi connectivity index (χ0v) is 20.6. The fourth-order valence-corrected chi connectivity index (χ4v) is 4.62. The van der Waals surface area contributed by atoms with E-state index >= 15 is 0 Å². The standard InChI is InChI=1S/C30H30N4O3/c35-30(32-36)26-13-11-23(12-14-26)20-24(22-37-28-9-5-7-25-6-1-2-8-27(25)28)21-33-16-18-34(19-17-33)29-10-3-4-15-31-29/h1-15,20,36H,16-19,21-22H2,(H,32,35)/b24-20-. The Morgan fingerprint density at radius 2 is 1.68 bits per heavy atom. The molecule has 1 aliphatic rings. The molecule has 0 atom stereocenters. The molecular formula is C30H30N4O3. The van der Waals surface area contributed by atoms with Gasteiger partial charge >= 0.3 is 0 Å². The highest BCUT2D eigenvalue weighted by molar-refractivity contribution is 5.93. The van der Waals surface area contributed by atoms with E-state index in [9.17, 15) is 4.79 Å². The second-order valence-corrected chi connectivity index (χ2v) is 9.08. The van der Waals surface area contributed by atoms with Gasteiger partial charge in [-0.25, -0.2) is 10.5 Å². The highest BCUT2D eigenvalue weighted by atomic mass is 16.5. The number of piperazine rings is 1. The van der Waals surface area contributed by atoms with Crippen LogP contribution in [0.4, 0.5) is 5.82 Å². The minimum Gasteiger partial charge on any atom is -0.489 e. The molecule has 5 rings (SSSR count). The SMILES string of the molecule is O=C(NO)c1ccc(/C=C(\COc2cccc3ccccc23)CN2CCN(c3ccccn3)CC2)cc1. The maximum atomic E-state index is 11.7. The van der Waals surface area contributed by atoms with Gasteiger partial charge in [-0.3, -0.25) is 14.9 Å². The van der Waals surface area contributed by atoms with Crippen molar-refractivity contribution in [3.05, 3.63) is 108 Å². The molecule has 0 bridgehead atoms. The molecule has 0 unspecified atom stereocenters.